The van der Waals surface area contributed by atoms with Crippen molar-refractivity contribution in [2.75, 3.05) is 6.61 Å². The van der Waals surface area contributed by atoms with E-state index in [1.54, 1.807) is 0 Å². The van der Waals surface area contributed by atoms with E-state index >= 15 is 0 Å². The van der Waals surface area contributed by atoms with Crippen molar-refractivity contribution in [2.24, 2.45) is 0 Å². The van der Waals surface area contributed by atoms with E-state index in [1.165, 1.54) is 6.92 Å². The number of alkyl halides is 5. The molecule has 1 rings (SSSR count). The zero-order valence-corrected chi connectivity index (χ0v) is 9.96. The number of rotatable bonds is 3. The van der Waals surface area contributed by atoms with E-state index in [0.29, 0.717) is 6.07 Å². The summed E-state index contributed by atoms with van der Waals surface area (Å²) in [6, 6.07) is 1.43. The fourth-order valence-electron chi connectivity index (χ4n) is 1.36. The molecular weight excluding hydrogens is 287 g/mol. The second-order valence-electron chi connectivity index (χ2n) is 3.45. The van der Waals surface area contributed by atoms with Gasteiger partial charge >= 0.3 is 12.1 Å². The van der Waals surface area contributed by atoms with Crippen LogP contribution in [-0.4, -0.2) is 17.6 Å². The van der Waals surface area contributed by atoms with Crippen LogP contribution >= 0.6 is 0 Å². The molecule has 0 bridgehead atoms. The van der Waals surface area contributed by atoms with E-state index in [9.17, 15) is 26.7 Å². The van der Waals surface area contributed by atoms with Crippen LogP contribution in [0, 0.1) is 11.3 Å². The SMILES string of the molecule is CCOC(=O)c1nc(C(F)(F)F)c(C#N)cc1C(F)F. The average molecular weight is 294 g/mol. The van der Waals surface area contributed by atoms with E-state index in [2.05, 4.69) is 9.72 Å². The summed E-state index contributed by atoms with van der Waals surface area (Å²) in [5, 5.41) is 8.57. The Kier molecular flexibility index (Phi) is 4.60. The van der Waals surface area contributed by atoms with Crippen LogP contribution in [0.2, 0.25) is 0 Å². The van der Waals surface area contributed by atoms with Crippen LogP contribution in [0.3, 0.4) is 0 Å². The second-order valence-corrected chi connectivity index (χ2v) is 3.45. The summed E-state index contributed by atoms with van der Waals surface area (Å²) in [6.07, 6.45) is -8.32. The Bertz CT molecular complexity index is 563. The molecule has 1 aromatic heterocycles. The molecule has 0 aliphatic heterocycles. The highest BCUT2D eigenvalue weighted by Gasteiger charge is 2.38. The van der Waals surface area contributed by atoms with Crippen molar-refractivity contribution < 1.29 is 31.5 Å². The number of esters is 1. The summed E-state index contributed by atoms with van der Waals surface area (Å²) < 4.78 is 67.8. The largest absolute Gasteiger partial charge is 0.461 e. The Morgan fingerprint density at radius 2 is 2.10 bits per heavy atom. The number of ether oxygens (including phenoxy) is 1. The van der Waals surface area contributed by atoms with Crippen LogP contribution in [-0.2, 0) is 10.9 Å². The second kappa shape index (κ2) is 5.81. The first-order valence-corrected chi connectivity index (χ1v) is 5.19. The van der Waals surface area contributed by atoms with Gasteiger partial charge in [0.25, 0.3) is 6.43 Å². The van der Waals surface area contributed by atoms with Gasteiger partial charge in [-0.25, -0.2) is 18.6 Å². The maximum absolute atomic E-state index is 12.7. The Morgan fingerprint density at radius 1 is 1.50 bits per heavy atom. The summed E-state index contributed by atoms with van der Waals surface area (Å²) >= 11 is 0. The van der Waals surface area contributed by atoms with Gasteiger partial charge in [-0.05, 0) is 13.0 Å². The fourth-order valence-corrected chi connectivity index (χ4v) is 1.36. The molecule has 0 N–H and O–H groups in total. The van der Waals surface area contributed by atoms with Crippen LogP contribution in [0.5, 0.6) is 0 Å². The van der Waals surface area contributed by atoms with E-state index in [-0.39, 0.29) is 6.61 Å². The number of carbonyl (C=O) groups is 1. The molecule has 1 aromatic rings. The molecule has 0 unspecified atom stereocenters. The Labute approximate surface area is 109 Å². The van der Waals surface area contributed by atoms with Crippen LogP contribution < -0.4 is 0 Å². The minimum atomic E-state index is -5.05. The molecule has 4 nitrogen and oxygen atoms in total. The summed E-state index contributed by atoms with van der Waals surface area (Å²) in [5.74, 6) is -1.40. The van der Waals surface area contributed by atoms with E-state index < -0.39 is 41.1 Å². The molecule has 0 spiro atoms. The molecule has 0 radical (unpaired) electrons. The zero-order chi connectivity index (χ0) is 15.5. The van der Waals surface area contributed by atoms with Crippen molar-refractivity contribution in [2.45, 2.75) is 19.5 Å². The summed E-state index contributed by atoms with van der Waals surface area (Å²) in [6.45, 7) is 1.14. The van der Waals surface area contributed by atoms with Gasteiger partial charge in [-0.2, -0.15) is 18.4 Å². The monoisotopic (exact) mass is 294 g/mol. The fraction of sp³-hybridized carbons (Fsp3) is 0.364. The number of nitrogens with zero attached hydrogens (tertiary/aromatic N) is 2. The van der Waals surface area contributed by atoms with E-state index in [0.717, 1.165) is 6.07 Å². The standard InChI is InChI=1S/C11H7F5N2O2/c1-2-20-10(19)7-6(9(12)13)3-5(4-17)8(18-7)11(14,15)16/h3,9H,2H2,1H3. The van der Waals surface area contributed by atoms with Crippen LogP contribution in [0.25, 0.3) is 0 Å². The van der Waals surface area contributed by atoms with Crippen LogP contribution in [0.4, 0.5) is 22.0 Å². The van der Waals surface area contributed by atoms with Crippen molar-refractivity contribution in [1.82, 2.24) is 4.98 Å². The average Bonchev–Trinajstić information content (AvgIpc) is 2.36. The molecule has 0 saturated heterocycles. The smallest absolute Gasteiger partial charge is 0.434 e. The minimum absolute atomic E-state index is 0.218. The molecule has 20 heavy (non-hydrogen) atoms. The highest BCUT2D eigenvalue weighted by Crippen LogP contribution is 2.33. The lowest BCUT2D eigenvalue weighted by Crippen LogP contribution is -2.18. The number of pyridine rings is 1. The lowest BCUT2D eigenvalue weighted by atomic mass is 10.1. The van der Waals surface area contributed by atoms with Crippen LogP contribution in [0.15, 0.2) is 6.07 Å². The van der Waals surface area contributed by atoms with Crippen molar-refractivity contribution in [3.05, 3.63) is 28.6 Å². The van der Waals surface area contributed by atoms with Gasteiger partial charge in [-0.3, -0.25) is 0 Å². The lowest BCUT2D eigenvalue weighted by molar-refractivity contribution is -0.141. The number of hydrogen-bond acceptors (Lipinski definition) is 4. The number of carbonyl (C=O) groups excluding carboxylic acids is 1. The molecule has 0 saturated carbocycles. The van der Waals surface area contributed by atoms with Crippen molar-refractivity contribution in [3.63, 3.8) is 0 Å². The Hall–Kier alpha value is -2.24. The van der Waals surface area contributed by atoms with Crippen molar-refractivity contribution in [3.8, 4) is 6.07 Å². The maximum atomic E-state index is 12.7. The number of halogens is 5. The third-order valence-corrected chi connectivity index (χ3v) is 2.14. The molecule has 0 aliphatic carbocycles. The number of nitriles is 1. The first-order chi connectivity index (χ1) is 9.22. The molecule has 9 heteroatoms. The third kappa shape index (κ3) is 3.20. The highest BCUT2D eigenvalue weighted by atomic mass is 19.4. The molecular formula is C11H7F5N2O2. The highest BCUT2D eigenvalue weighted by molar-refractivity contribution is 5.89. The zero-order valence-electron chi connectivity index (χ0n) is 9.96. The third-order valence-electron chi connectivity index (χ3n) is 2.14. The van der Waals surface area contributed by atoms with Crippen molar-refractivity contribution >= 4 is 5.97 Å². The normalized spacial score (nSPS) is 11.3. The van der Waals surface area contributed by atoms with Crippen molar-refractivity contribution in [1.29, 1.82) is 5.26 Å². The minimum Gasteiger partial charge on any atom is -0.461 e. The first-order valence-electron chi connectivity index (χ1n) is 5.19. The molecule has 0 fully saturated rings. The van der Waals surface area contributed by atoms with Gasteiger partial charge in [0, 0.05) is 0 Å². The lowest BCUT2D eigenvalue weighted by Gasteiger charge is -2.13. The predicted octanol–water partition coefficient (Wildman–Crippen LogP) is 3.09. The molecule has 108 valence electrons. The maximum Gasteiger partial charge on any atom is 0.434 e. The van der Waals surface area contributed by atoms with Gasteiger partial charge < -0.3 is 4.74 Å². The number of aromatic nitrogens is 1. The van der Waals surface area contributed by atoms with Gasteiger partial charge in [0.2, 0.25) is 0 Å². The number of hydrogen-bond donors (Lipinski definition) is 0. The molecule has 0 amide bonds. The van der Waals surface area contributed by atoms with Gasteiger partial charge in [0.05, 0.1) is 17.7 Å². The molecule has 0 aromatic carbocycles. The van der Waals surface area contributed by atoms with Gasteiger partial charge in [0.15, 0.2) is 11.4 Å². The topological polar surface area (TPSA) is 63.0 Å². The Morgan fingerprint density at radius 3 is 2.50 bits per heavy atom. The van der Waals surface area contributed by atoms with Crippen LogP contribution in [0.1, 0.15) is 40.7 Å². The summed E-state index contributed by atoms with van der Waals surface area (Å²) in [5.41, 5.74) is -5.01. The first kappa shape index (κ1) is 15.8. The molecule has 0 aliphatic rings. The van der Waals surface area contributed by atoms with Gasteiger partial charge in [-0.15, -0.1) is 0 Å². The van der Waals surface area contributed by atoms with Gasteiger partial charge in [-0.1, -0.05) is 0 Å². The quantitative estimate of drug-likeness (QED) is 0.635. The predicted molar refractivity (Wildman–Crippen MR) is 54.9 cm³/mol. The summed E-state index contributed by atoms with van der Waals surface area (Å²) in [7, 11) is 0. The molecule has 0 atom stereocenters. The Balaban J connectivity index is 3.56. The molecule has 1 heterocycles. The summed E-state index contributed by atoms with van der Waals surface area (Å²) in [4.78, 5) is 14.2. The van der Waals surface area contributed by atoms with E-state index in [4.69, 9.17) is 5.26 Å². The van der Waals surface area contributed by atoms with E-state index in [1.807, 2.05) is 0 Å². The van der Waals surface area contributed by atoms with Gasteiger partial charge in [0.1, 0.15) is 6.07 Å².